The third kappa shape index (κ3) is 3.83. The van der Waals surface area contributed by atoms with Gasteiger partial charge in [0.05, 0.1) is 0 Å². The number of halogens is 2. The molecule has 0 radical (unpaired) electrons. The maximum Gasteiger partial charge on any atom is 0.123 e. The van der Waals surface area contributed by atoms with E-state index in [-0.39, 0.29) is 5.82 Å². The van der Waals surface area contributed by atoms with Crippen LogP contribution in [0.2, 0.25) is 0 Å². The fourth-order valence-corrected chi connectivity index (χ4v) is 1.54. The van der Waals surface area contributed by atoms with Crippen LogP contribution >= 0.6 is 22.6 Å². The Labute approximate surface area is 102 Å². The lowest BCUT2D eigenvalue weighted by Crippen LogP contribution is -1.98. The van der Waals surface area contributed by atoms with Gasteiger partial charge in [-0.25, -0.2) is 4.39 Å². The van der Waals surface area contributed by atoms with Crippen molar-refractivity contribution in [3.63, 3.8) is 0 Å². The summed E-state index contributed by atoms with van der Waals surface area (Å²) < 4.78 is 13.6. The molecule has 0 amide bonds. The minimum Gasteiger partial charge on any atom is -0.398 e. The van der Waals surface area contributed by atoms with E-state index < -0.39 is 0 Å². The van der Waals surface area contributed by atoms with Crippen molar-refractivity contribution in [1.29, 1.82) is 0 Å². The Kier molecular flexibility index (Phi) is 4.48. The fourth-order valence-electron chi connectivity index (χ4n) is 1.00. The van der Waals surface area contributed by atoms with Crippen LogP contribution in [0.3, 0.4) is 0 Å². The number of aliphatic imine (C=N–C) groups is 1. The molecule has 0 atom stereocenters. The Balaban J connectivity index is 2.98. The second-order valence-corrected chi connectivity index (χ2v) is 3.85. The van der Waals surface area contributed by atoms with Crippen molar-refractivity contribution >= 4 is 32.0 Å². The maximum absolute atomic E-state index is 12.9. The third-order valence-corrected chi connectivity index (χ3v) is 2.24. The molecule has 2 nitrogen and oxygen atoms in total. The van der Waals surface area contributed by atoms with Gasteiger partial charge < -0.3 is 5.73 Å². The Morgan fingerprint density at radius 1 is 1.53 bits per heavy atom. The van der Waals surface area contributed by atoms with Crippen molar-refractivity contribution in [3.8, 4) is 0 Å². The zero-order valence-electron chi connectivity index (χ0n) is 7.95. The van der Waals surface area contributed by atoms with Gasteiger partial charge in [-0.3, -0.25) is 4.99 Å². The molecule has 0 saturated carbocycles. The Hall–Kier alpha value is -1.17. The van der Waals surface area contributed by atoms with E-state index in [1.807, 2.05) is 22.6 Å². The molecule has 0 heterocycles. The second kappa shape index (κ2) is 5.65. The van der Waals surface area contributed by atoms with E-state index in [0.29, 0.717) is 15.0 Å². The van der Waals surface area contributed by atoms with Crippen LogP contribution in [0.1, 0.15) is 5.56 Å². The van der Waals surface area contributed by atoms with E-state index in [9.17, 15) is 4.39 Å². The highest BCUT2D eigenvalue weighted by molar-refractivity contribution is 14.1. The van der Waals surface area contributed by atoms with Crippen LogP contribution in [0.5, 0.6) is 0 Å². The summed E-state index contributed by atoms with van der Waals surface area (Å²) in [4.78, 5) is 3.93. The molecule has 0 fully saturated rings. The topological polar surface area (TPSA) is 38.4 Å². The van der Waals surface area contributed by atoms with E-state index in [4.69, 9.17) is 5.73 Å². The second-order valence-electron chi connectivity index (χ2n) is 2.74. The van der Waals surface area contributed by atoms with E-state index in [0.717, 1.165) is 0 Å². The summed E-state index contributed by atoms with van der Waals surface area (Å²) in [5.74, 6) is -0.306. The van der Waals surface area contributed by atoms with Gasteiger partial charge in [-0.1, -0.05) is 18.7 Å². The van der Waals surface area contributed by atoms with Crippen LogP contribution in [0, 0.1) is 5.82 Å². The summed E-state index contributed by atoms with van der Waals surface area (Å²) in [6.07, 6.45) is 3.09. The molecule has 78 valence electrons. The quantitative estimate of drug-likeness (QED) is 0.675. The van der Waals surface area contributed by atoms with Crippen molar-refractivity contribution in [3.05, 3.63) is 54.5 Å². The van der Waals surface area contributed by atoms with Gasteiger partial charge in [-0.15, -0.1) is 0 Å². The lowest BCUT2D eigenvalue weighted by atomic mass is 10.1. The maximum atomic E-state index is 12.9. The Bertz CT molecular complexity index is 424. The van der Waals surface area contributed by atoms with Crippen LogP contribution in [0.25, 0.3) is 5.70 Å². The van der Waals surface area contributed by atoms with Gasteiger partial charge in [0.2, 0.25) is 0 Å². The van der Waals surface area contributed by atoms with Crippen molar-refractivity contribution < 1.29 is 4.39 Å². The normalized spacial score (nSPS) is 12.7. The first kappa shape index (κ1) is 11.9. The lowest BCUT2D eigenvalue weighted by Gasteiger charge is -2.00. The molecule has 0 spiro atoms. The standard InChI is InChI=1S/C11H10FIN2/c1-2-15-11(13)7-10(14)8-4-3-5-9(12)6-8/h2-7H,1,14H2/b10-7-,15-11?. The van der Waals surface area contributed by atoms with Crippen molar-refractivity contribution in [2.75, 3.05) is 0 Å². The van der Waals surface area contributed by atoms with E-state index >= 15 is 0 Å². The molecule has 0 saturated heterocycles. The SMILES string of the molecule is C=CN=C(I)/C=C(\N)c1cccc(F)c1. The molecule has 2 N–H and O–H groups in total. The number of hydrogen-bond acceptors (Lipinski definition) is 2. The van der Waals surface area contributed by atoms with Gasteiger partial charge in [0, 0.05) is 17.5 Å². The molecule has 0 unspecified atom stereocenters. The molecule has 0 aliphatic rings. The average molecular weight is 316 g/mol. The molecule has 0 bridgehead atoms. The van der Waals surface area contributed by atoms with E-state index in [1.165, 1.54) is 18.3 Å². The van der Waals surface area contributed by atoms with Gasteiger partial charge in [0.1, 0.15) is 9.54 Å². The number of benzene rings is 1. The van der Waals surface area contributed by atoms with Gasteiger partial charge >= 0.3 is 0 Å². The molecule has 0 aliphatic carbocycles. The number of nitrogens with two attached hydrogens (primary N) is 1. The molecule has 1 aromatic rings. The van der Waals surface area contributed by atoms with Crippen LogP contribution in [0.15, 0.2) is 48.1 Å². The summed E-state index contributed by atoms with van der Waals surface area (Å²) >= 11 is 2.02. The number of nitrogens with zero attached hydrogens (tertiary/aromatic N) is 1. The van der Waals surface area contributed by atoms with Crippen LogP contribution < -0.4 is 5.73 Å². The third-order valence-electron chi connectivity index (χ3n) is 1.65. The summed E-state index contributed by atoms with van der Waals surface area (Å²) in [6.45, 7) is 3.47. The lowest BCUT2D eigenvalue weighted by molar-refractivity contribution is 0.627. The Morgan fingerprint density at radius 3 is 2.87 bits per heavy atom. The molecular weight excluding hydrogens is 306 g/mol. The zero-order chi connectivity index (χ0) is 11.3. The summed E-state index contributed by atoms with van der Waals surface area (Å²) in [6, 6.07) is 6.11. The monoisotopic (exact) mass is 316 g/mol. The number of hydrogen-bond donors (Lipinski definition) is 1. The molecule has 4 heteroatoms. The van der Waals surface area contributed by atoms with Gasteiger partial charge in [0.15, 0.2) is 0 Å². The first-order valence-corrected chi connectivity index (χ1v) is 5.28. The van der Waals surface area contributed by atoms with Crippen molar-refractivity contribution in [2.45, 2.75) is 0 Å². The van der Waals surface area contributed by atoms with Gasteiger partial charge in [-0.2, -0.15) is 0 Å². The fraction of sp³-hybridized carbons (Fsp3) is 0. The highest BCUT2D eigenvalue weighted by Crippen LogP contribution is 2.11. The molecule has 15 heavy (non-hydrogen) atoms. The first-order chi connectivity index (χ1) is 7.13. The van der Waals surface area contributed by atoms with Crippen molar-refractivity contribution in [1.82, 2.24) is 0 Å². The predicted octanol–water partition coefficient (Wildman–Crippen LogP) is 3.10. The van der Waals surface area contributed by atoms with Crippen molar-refractivity contribution in [2.24, 2.45) is 10.7 Å². The van der Waals surface area contributed by atoms with Crippen LogP contribution in [-0.2, 0) is 0 Å². The minimum atomic E-state index is -0.306. The highest BCUT2D eigenvalue weighted by atomic mass is 127. The Morgan fingerprint density at radius 2 is 2.27 bits per heavy atom. The zero-order valence-corrected chi connectivity index (χ0v) is 10.1. The number of rotatable bonds is 3. The van der Waals surface area contributed by atoms with E-state index in [1.54, 1.807) is 18.2 Å². The average Bonchev–Trinajstić information content (AvgIpc) is 2.18. The molecule has 1 rings (SSSR count). The highest BCUT2D eigenvalue weighted by Gasteiger charge is 1.98. The first-order valence-electron chi connectivity index (χ1n) is 4.21. The molecule has 1 aromatic carbocycles. The minimum absolute atomic E-state index is 0.306. The molecule has 0 aliphatic heterocycles. The summed E-state index contributed by atoms with van der Waals surface area (Å²) in [5.41, 5.74) is 6.89. The van der Waals surface area contributed by atoms with Crippen LogP contribution in [-0.4, -0.2) is 3.72 Å². The largest absolute Gasteiger partial charge is 0.398 e. The number of allylic oxidation sites excluding steroid dienone is 1. The molecular formula is C11H10FIN2. The van der Waals surface area contributed by atoms with Gasteiger partial charge in [-0.05, 0) is 40.8 Å². The molecule has 0 aromatic heterocycles. The summed E-state index contributed by atoms with van der Waals surface area (Å²) in [7, 11) is 0. The van der Waals surface area contributed by atoms with Crippen LogP contribution in [0.4, 0.5) is 4.39 Å². The summed E-state index contributed by atoms with van der Waals surface area (Å²) in [5, 5.41) is 0. The van der Waals surface area contributed by atoms with E-state index in [2.05, 4.69) is 11.6 Å². The smallest absolute Gasteiger partial charge is 0.123 e. The van der Waals surface area contributed by atoms with Gasteiger partial charge in [0.25, 0.3) is 0 Å². The predicted molar refractivity (Wildman–Crippen MR) is 70.2 cm³/mol.